The van der Waals surface area contributed by atoms with Crippen LogP contribution >= 0.6 is 11.6 Å². The van der Waals surface area contributed by atoms with Crippen LogP contribution in [-0.4, -0.2) is 38.2 Å². The van der Waals surface area contributed by atoms with Crippen LogP contribution in [0.2, 0.25) is 5.02 Å². The van der Waals surface area contributed by atoms with Crippen molar-refractivity contribution in [3.05, 3.63) is 52.5 Å². The molecular weight excluding hydrogens is 416 g/mol. The Balaban J connectivity index is 1.86. The maximum absolute atomic E-state index is 12.0. The van der Waals surface area contributed by atoms with Gasteiger partial charge >= 0.3 is 0 Å². The topological polar surface area (TPSA) is 83.0 Å². The van der Waals surface area contributed by atoms with Gasteiger partial charge in [0.1, 0.15) is 5.75 Å². The first-order chi connectivity index (χ1) is 14.9. The summed E-state index contributed by atoms with van der Waals surface area (Å²) in [5.41, 5.74) is 5.77. The van der Waals surface area contributed by atoms with Gasteiger partial charge in [-0.25, -0.2) is 5.43 Å². The summed E-state index contributed by atoms with van der Waals surface area (Å²) in [6.07, 6.45) is 1.58. The molecule has 2 amide bonds. The molecule has 0 aromatic heterocycles. The number of anilines is 2. The van der Waals surface area contributed by atoms with E-state index in [9.17, 15) is 9.59 Å². The van der Waals surface area contributed by atoms with E-state index in [1.54, 1.807) is 19.2 Å². The smallest absolute Gasteiger partial charge is 0.240 e. The number of hydrogen-bond donors (Lipinski definition) is 2. The van der Waals surface area contributed by atoms with Crippen LogP contribution < -0.4 is 20.4 Å². The minimum Gasteiger partial charge on any atom is -0.496 e. The van der Waals surface area contributed by atoms with Crippen LogP contribution in [0.3, 0.4) is 0 Å². The number of halogens is 1. The predicted octanol–water partition coefficient (Wildman–Crippen LogP) is 4.37. The van der Waals surface area contributed by atoms with Gasteiger partial charge in [0.2, 0.25) is 11.8 Å². The summed E-state index contributed by atoms with van der Waals surface area (Å²) in [5, 5.41) is 7.28. The van der Waals surface area contributed by atoms with E-state index >= 15 is 0 Å². The van der Waals surface area contributed by atoms with Crippen LogP contribution in [0.15, 0.2) is 41.5 Å². The molecule has 0 saturated carbocycles. The largest absolute Gasteiger partial charge is 0.496 e. The number of rotatable bonds is 10. The van der Waals surface area contributed by atoms with Crippen molar-refractivity contribution in [3.63, 3.8) is 0 Å². The molecule has 0 bridgehead atoms. The third-order valence-electron chi connectivity index (χ3n) is 4.77. The average molecular weight is 445 g/mol. The van der Waals surface area contributed by atoms with Crippen molar-refractivity contribution < 1.29 is 14.3 Å². The molecule has 0 aliphatic rings. The van der Waals surface area contributed by atoms with Crippen molar-refractivity contribution in [2.45, 2.75) is 33.6 Å². The minimum absolute atomic E-state index is 0.0147. The first-order valence-corrected chi connectivity index (χ1v) is 10.6. The van der Waals surface area contributed by atoms with Gasteiger partial charge in [0.25, 0.3) is 0 Å². The number of nitrogens with zero attached hydrogens (tertiary/aromatic N) is 2. The lowest BCUT2D eigenvalue weighted by molar-refractivity contribution is -0.124. The molecule has 0 spiro atoms. The molecule has 2 N–H and O–H groups in total. The third kappa shape index (κ3) is 7.29. The van der Waals surface area contributed by atoms with Crippen LogP contribution in [0.4, 0.5) is 11.4 Å². The summed E-state index contributed by atoms with van der Waals surface area (Å²) in [5.74, 6) is 0.0401. The van der Waals surface area contributed by atoms with Gasteiger partial charge in [0.05, 0.1) is 13.3 Å². The molecule has 2 aromatic carbocycles. The zero-order valence-corrected chi connectivity index (χ0v) is 19.1. The van der Waals surface area contributed by atoms with Crippen LogP contribution in [0.5, 0.6) is 5.75 Å². The number of benzene rings is 2. The molecule has 2 rings (SSSR count). The number of carbonyl (C=O) groups excluding carboxylic acids is 2. The maximum Gasteiger partial charge on any atom is 0.240 e. The molecule has 0 heterocycles. The summed E-state index contributed by atoms with van der Waals surface area (Å²) in [4.78, 5) is 26.2. The highest BCUT2D eigenvalue weighted by Gasteiger charge is 2.09. The van der Waals surface area contributed by atoms with Gasteiger partial charge in [-0.2, -0.15) is 5.10 Å². The second-order valence-electron chi connectivity index (χ2n) is 6.90. The zero-order chi connectivity index (χ0) is 22.8. The zero-order valence-electron chi connectivity index (χ0n) is 18.4. The lowest BCUT2D eigenvalue weighted by Gasteiger charge is -2.21. The van der Waals surface area contributed by atoms with Crippen LogP contribution in [0, 0.1) is 6.92 Å². The number of methoxy groups -OCH3 is 1. The fraction of sp³-hybridized carbons (Fsp3) is 0.348. The summed E-state index contributed by atoms with van der Waals surface area (Å²) < 4.78 is 5.44. The van der Waals surface area contributed by atoms with Gasteiger partial charge < -0.3 is 15.0 Å². The summed E-state index contributed by atoms with van der Waals surface area (Å²) in [6.45, 7) is 7.86. The quantitative estimate of drug-likeness (QED) is 0.421. The van der Waals surface area contributed by atoms with E-state index in [1.807, 2.05) is 31.2 Å². The summed E-state index contributed by atoms with van der Waals surface area (Å²) >= 11 is 6.05. The van der Waals surface area contributed by atoms with Gasteiger partial charge in [-0.15, -0.1) is 0 Å². The Morgan fingerprint density at radius 3 is 2.45 bits per heavy atom. The van der Waals surface area contributed by atoms with Gasteiger partial charge in [0.15, 0.2) is 0 Å². The predicted molar refractivity (Wildman–Crippen MR) is 126 cm³/mol. The summed E-state index contributed by atoms with van der Waals surface area (Å²) in [7, 11) is 1.59. The van der Waals surface area contributed by atoms with Crippen molar-refractivity contribution in [2.24, 2.45) is 5.10 Å². The Kier molecular flexibility index (Phi) is 9.34. The fourth-order valence-corrected chi connectivity index (χ4v) is 3.12. The van der Waals surface area contributed by atoms with Gasteiger partial charge in [0, 0.05) is 54.0 Å². The number of ether oxygens (including phenoxy) is 1. The highest BCUT2D eigenvalue weighted by Crippen LogP contribution is 2.24. The Labute approximate surface area is 188 Å². The lowest BCUT2D eigenvalue weighted by Crippen LogP contribution is -2.22. The molecule has 7 nitrogen and oxygen atoms in total. The van der Waals surface area contributed by atoms with Crippen molar-refractivity contribution in [3.8, 4) is 5.75 Å². The van der Waals surface area contributed by atoms with E-state index in [-0.39, 0.29) is 24.7 Å². The number of amides is 2. The van der Waals surface area contributed by atoms with E-state index in [1.165, 1.54) is 6.21 Å². The first-order valence-electron chi connectivity index (χ1n) is 10.2. The van der Waals surface area contributed by atoms with Crippen molar-refractivity contribution in [1.29, 1.82) is 0 Å². The van der Waals surface area contributed by atoms with E-state index in [0.717, 1.165) is 29.9 Å². The second kappa shape index (κ2) is 12.0. The van der Waals surface area contributed by atoms with Crippen molar-refractivity contribution in [1.82, 2.24) is 5.43 Å². The van der Waals surface area contributed by atoms with Gasteiger partial charge in [-0.05, 0) is 50.6 Å². The Morgan fingerprint density at radius 1 is 1.10 bits per heavy atom. The molecular formula is C23H29ClN4O3. The average Bonchev–Trinajstić information content (AvgIpc) is 2.76. The molecule has 2 aromatic rings. The molecule has 0 aliphatic carbocycles. The normalized spacial score (nSPS) is 10.7. The van der Waals surface area contributed by atoms with Crippen molar-refractivity contribution in [2.75, 3.05) is 30.4 Å². The van der Waals surface area contributed by atoms with Crippen molar-refractivity contribution >= 4 is 41.0 Å². The lowest BCUT2D eigenvalue weighted by atomic mass is 10.2. The molecule has 0 fully saturated rings. The van der Waals surface area contributed by atoms with E-state index < -0.39 is 0 Å². The van der Waals surface area contributed by atoms with Crippen LogP contribution in [-0.2, 0) is 9.59 Å². The third-order valence-corrected chi connectivity index (χ3v) is 5.18. The standard InChI is InChI=1S/C23H29ClN4O3/c1-5-28(6-2)19-10-8-17(21(14-19)31-4)15-25-27-23(30)12-11-22(29)26-18-9-7-16(3)20(24)13-18/h7-10,13-15H,5-6,11-12H2,1-4H3,(H,26,29)(H,27,30). The molecule has 0 saturated heterocycles. The molecule has 8 heteroatoms. The fourth-order valence-electron chi connectivity index (χ4n) is 2.94. The Hall–Kier alpha value is -3.06. The number of hydrogen-bond acceptors (Lipinski definition) is 5. The number of carbonyl (C=O) groups is 2. The van der Waals surface area contributed by atoms with Gasteiger partial charge in [-0.1, -0.05) is 17.7 Å². The van der Waals surface area contributed by atoms with E-state index in [0.29, 0.717) is 16.5 Å². The molecule has 0 unspecified atom stereocenters. The van der Waals surface area contributed by atoms with E-state index in [2.05, 4.69) is 34.6 Å². The minimum atomic E-state index is -0.355. The second-order valence-corrected chi connectivity index (χ2v) is 7.31. The number of nitrogens with one attached hydrogen (secondary N) is 2. The molecule has 0 radical (unpaired) electrons. The van der Waals surface area contributed by atoms with Crippen LogP contribution in [0.1, 0.15) is 37.8 Å². The highest BCUT2D eigenvalue weighted by molar-refractivity contribution is 6.31. The van der Waals surface area contributed by atoms with E-state index in [4.69, 9.17) is 16.3 Å². The maximum atomic E-state index is 12.0. The molecule has 0 aliphatic heterocycles. The SMILES string of the molecule is CCN(CC)c1ccc(C=NNC(=O)CCC(=O)Nc2ccc(C)c(Cl)c2)c(OC)c1. The van der Waals surface area contributed by atoms with Gasteiger partial charge in [-0.3, -0.25) is 9.59 Å². The first kappa shape index (κ1) is 24.2. The summed E-state index contributed by atoms with van der Waals surface area (Å²) in [6, 6.07) is 11.1. The van der Waals surface area contributed by atoms with Crippen LogP contribution in [0.25, 0.3) is 0 Å². The highest BCUT2D eigenvalue weighted by atomic mass is 35.5. The molecule has 31 heavy (non-hydrogen) atoms. The number of aryl methyl sites for hydroxylation is 1. The monoisotopic (exact) mass is 444 g/mol. The number of hydrazone groups is 1. The Bertz CT molecular complexity index is 942. The molecule has 0 atom stereocenters. The Morgan fingerprint density at radius 2 is 1.81 bits per heavy atom. The molecule has 166 valence electrons.